The van der Waals surface area contributed by atoms with Crippen molar-refractivity contribution in [3.05, 3.63) is 28.5 Å². The Labute approximate surface area is 58.2 Å². The van der Waals surface area contributed by atoms with Crippen molar-refractivity contribution in [3.8, 4) is 0 Å². The van der Waals surface area contributed by atoms with Crippen LogP contribution in [0.15, 0.2) is 18.3 Å². The predicted molar refractivity (Wildman–Crippen MR) is 37.5 cm³/mol. The molecule has 2 N–H and O–H groups in total. The molecule has 2 nitrogen and oxygen atoms in total. The zero-order valence-corrected chi connectivity index (χ0v) is 5.61. The summed E-state index contributed by atoms with van der Waals surface area (Å²) in [6, 6.07) is 3.54. The second-order valence-electron chi connectivity index (χ2n) is 1.72. The topological polar surface area (TPSA) is 36.0 Å². The Morgan fingerprint density at radius 3 is 2.78 bits per heavy atom. The molecule has 1 aromatic heterocycles. The number of aliphatic hydroxyl groups excluding tert-OH is 1. The van der Waals surface area contributed by atoms with Gasteiger partial charge in [-0.3, -0.25) is 0 Å². The normalized spacial score (nSPS) is 9.44. The van der Waals surface area contributed by atoms with Gasteiger partial charge in [-0.15, -0.1) is 0 Å². The lowest BCUT2D eigenvalue weighted by Gasteiger charge is -1.91. The molecule has 0 fully saturated rings. The first kappa shape index (κ1) is 6.45. The van der Waals surface area contributed by atoms with Crippen LogP contribution < -0.4 is 0 Å². The largest absolute Gasteiger partial charge is 0.392 e. The fraction of sp³-hybridized carbons (Fsp3) is 0.167. The van der Waals surface area contributed by atoms with Gasteiger partial charge >= 0.3 is 0 Å². The lowest BCUT2D eigenvalue weighted by atomic mass is 10.3. The van der Waals surface area contributed by atoms with Gasteiger partial charge in [0, 0.05) is 6.20 Å². The van der Waals surface area contributed by atoms with E-state index in [1.165, 1.54) is 0 Å². The first-order valence-corrected chi connectivity index (χ1v) is 3.02. The molecule has 1 heterocycles. The Morgan fingerprint density at radius 1 is 1.56 bits per heavy atom. The van der Waals surface area contributed by atoms with Crippen molar-refractivity contribution in [1.29, 1.82) is 0 Å². The molecular formula is C6H7NOS. The average molecular weight is 141 g/mol. The maximum absolute atomic E-state index is 8.57. The fourth-order valence-corrected chi connectivity index (χ4v) is 0.668. The van der Waals surface area contributed by atoms with Crippen LogP contribution >= 0.6 is 12.2 Å². The SMILES string of the molecule is OCc1ccc(=S)[nH]c1. The zero-order valence-electron chi connectivity index (χ0n) is 4.79. The van der Waals surface area contributed by atoms with Crippen LogP contribution in [0.4, 0.5) is 0 Å². The highest BCUT2D eigenvalue weighted by Crippen LogP contribution is 1.94. The van der Waals surface area contributed by atoms with Gasteiger partial charge in [0.05, 0.1) is 6.61 Å². The fourth-order valence-electron chi connectivity index (χ4n) is 0.541. The summed E-state index contributed by atoms with van der Waals surface area (Å²) in [5, 5.41) is 8.57. The smallest absolute Gasteiger partial charge is 0.103 e. The number of aromatic amines is 1. The minimum Gasteiger partial charge on any atom is -0.392 e. The van der Waals surface area contributed by atoms with E-state index in [0.29, 0.717) is 4.64 Å². The second kappa shape index (κ2) is 2.75. The number of hydrogen-bond donors (Lipinski definition) is 2. The van der Waals surface area contributed by atoms with Crippen molar-refractivity contribution in [2.75, 3.05) is 0 Å². The van der Waals surface area contributed by atoms with Crippen LogP contribution in [0.1, 0.15) is 5.56 Å². The van der Waals surface area contributed by atoms with Crippen LogP contribution in [-0.4, -0.2) is 10.1 Å². The number of nitrogens with one attached hydrogen (secondary N) is 1. The lowest BCUT2D eigenvalue weighted by molar-refractivity contribution is 0.281. The van der Waals surface area contributed by atoms with Crippen LogP contribution in [0.3, 0.4) is 0 Å². The first-order chi connectivity index (χ1) is 4.33. The molecule has 0 unspecified atom stereocenters. The van der Waals surface area contributed by atoms with E-state index in [2.05, 4.69) is 4.98 Å². The molecule has 0 radical (unpaired) electrons. The highest BCUT2D eigenvalue weighted by Gasteiger charge is 1.83. The summed E-state index contributed by atoms with van der Waals surface area (Å²) in [5.41, 5.74) is 0.851. The Hall–Kier alpha value is -0.670. The standard InChI is InChI=1S/C6H7NOS/c8-4-5-1-2-6(9)7-3-5/h1-3,8H,4H2,(H,7,9). The highest BCUT2D eigenvalue weighted by molar-refractivity contribution is 7.71. The van der Waals surface area contributed by atoms with Gasteiger partial charge in [0.15, 0.2) is 0 Å². The van der Waals surface area contributed by atoms with E-state index in [1.807, 2.05) is 0 Å². The number of rotatable bonds is 1. The molecule has 0 bridgehead atoms. The molecule has 0 aliphatic rings. The van der Waals surface area contributed by atoms with E-state index in [1.54, 1.807) is 18.3 Å². The Balaban J connectivity index is 3.02. The van der Waals surface area contributed by atoms with E-state index < -0.39 is 0 Å². The summed E-state index contributed by atoms with van der Waals surface area (Å²) in [5.74, 6) is 0. The molecule has 0 atom stereocenters. The predicted octanol–water partition coefficient (Wildman–Crippen LogP) is 1.24. The van der Waals surface area contributed by atoms with Gasteiger partial charge in [-0.25, -0.2) is 0 Å². The molecule has 3 heteroatoms. The zero-order chi connectivity index (χ0) is 6.69. The second-order valence-corrected chi connectivity index (χ2v) is 2.16. The molecular weight excluding hydrogens is 134 g/mol. The first-order valence-electron chi connectivity index (χ1n) is 2.61. The van der Waals surface area contributed by atoms with Gasteiger partial charge < -0.3 is 10.1 Å². The van der Waals surface area contributed by atoms with E-state index in [9.17, 15) is 0 Å². The van der Waals surface area contributed by atoms with Gasteiger partial charge in [-0.1, -0.05) is 18.3 Å². The molecule has 0 aromatic carbocycles. The third-order valence-electron chi connectivity index (χ3n) is 1.03. The van der Waals surface area contributed by atoms with Crippen molar-refractivity contribution < 1.29 is 5.11 Å². The van der Waals surface area contributed by atoms with Crippen molar-refractivity contribution >= 4 is 12.2 Å². The van der Waals surface area contributed by atoms with Gasteiger partial charge in [0.1, 0.15) is 4.64 Å². The molecule has 1 rings (SSSR count). The molecule has 0 saturated carbocycles. The summed E-state index contributed by atoms with van der Waals surface area (Å²) >= 11 is 4.78. The lowest BCUT2D eigenvalue weighted by Crippen LogP contribution is -1.82. The molecule has 9 heavy (non-hydrogen) atoms. The third kappa shape index (κ3) is 1.62. The van der Waals surface area contributed by atoms with Gasteiger partial charge in [0.25, 0.3) is 0 Å². The van der Waals surface area contributed by atoms with Crippen LogP contribution in [-0.2, 0) is 6.61 Å². The number of aliphatic hydroxyl groups is 1. The molecule has 1 aromatic rings. The number of hydrogen-bond acceptors (Lipinski definition) is 2. The molecule has 0 saturated heterocycles. The molecule has 0 aliphatic heterocycles. The maximum atomic E-state index is 8.57. The van der Waals surface area contributed by atoms with E-state index in [-0.39, 0.29) is 6.61 Å². The maximum Gasteiger partial charge on any atom is 0.103 e. The summed E-state index contributed by atoms with van der Waals surface area (Å²) in [7, 11) is 0. The van der Waals surface area contributed by atoms with Crippen molar-refractivity contribution in [2.45, 2.75) is 6.61 Å². The monoisotopic (exact) mass is 141 g/mol. The van der Waals surface area contributed by atoms with Crippen molar-refractivity contribution in [2.24, 2.45) is 0 Å². The van der Waals surface area contributed by atoms with Crippen molar-refractivity contribution in [3.63, 3.8) is 0 Å². The summed E-state index contributed by atoms with van der Waals surface area (Å²) in [6.45, 7) is 0.0616. The van der Waals surface area contributed by atoms with Gasteiger partial charge in [0.2, 0.25) is 0 Å². The van der Waals surface area contributed by atoms with E-state index >= 15 is 0 Å². The molecule has 0 spiro atoms. The van der Waals surface area contributed by atoms with Crippen molar-refractivity contribution in [1.82, 2.24) is 4.98 Å². The van der Waals surface area contributed by atoms with E-state index in [0.717, 1.165) is 5.56 Å². The van der Waals surface area contributed by atoms with Crippen LogP contribution in [0, 0.1) is 4.64 Å². The van der Waals surface area contributed by atoms with Crippen LogP contribution in [0.2, 0.25) is 0 Å². The van der Waals surface area contributed by atoms with Gasteiger partial charge in [-0.2, -0.15) is 0 Å². The minimum absolute atomic E-state index is 0.0616. The number of H-pyrrole nitrogens is 1. The number of pyridine rings is 1. The Morgan fingerprint density at radius 2 is 2.33 bits per heavy atom. The Bertz CT molecular complexity index is 223. The van der Waals surface area contributed by atoms with Gasteiger partial charge in [-0.05, 0) is 11.6 Å². The number of aromatic nitrogens is 1. The van der Waals surface area contributed by atoms with E-state index in [4.69, 9.17) is 17.3 Å². The third-order valence-corrected chi connectivity index (χ3v) is 1.29. The summed E-state index contributed by atoms with van der Waals surface area (Å²) < 4.78 is 0.687. The molecule has 0 amide bonds. The minimum atomic E-state index is 0.0616. The Kier molecular flexibility index (Phi) is 1.97. The average Bonchev–Trinajstić information content (AvgIpc) is 1.90. The van der Waals surface area contributed by atoms with Crippen LogP contribution in [0.25, 0.3) is 0 Å². The molecule has 48 valence electrons. The quantitative estimate of drug-likeness (QED) is 0.577. The highest BCUT2D eigenvalue weighted by atomic mass is 32.1. The van der Waals surface area contributed by atoms with Crippen LogP contribution in [0.5, 0.6) is 0 Å². The molecule has 0 aliphatic carbocycles. The summed E-state index contributed by atoms with van der Waals surface area (Å²) in [4.78, 5) is 2.81. The summed E-state index contributed by atoms with van der Waals surface area (Å²) in [6.07, 6.45) is 1.70.